The Bertz CT molecular complexity index is 452. The lowest BCUT2D eigenvalue weighted by atomic mass is 10.1. The van der Waals surface area contributed by atoms with Crippen molar-refractivity contribution < 1.29 is 14.7 Å². The van der Waals surface area contributed by atoms with Crippen LogP contribution in [0.1, 0.15) is 46.4 Å². The summed E-state index contributed by atoms with van der Waals surface area (Å²) in [6, 6.07) is 6.09. The number of aromatic carboxylic acids is 1. The summed E-state index contributed by atoms with van der Waals surface area (Å²) in [6.07, 6.45) is 4.83. The Kier molecular flexibility index (Phi) is 3.97. The lowest BCUT2D eigenvalue weighted by Crippen LogP contribution is -2.24. The number of rotatable bonds is 6. The topological polar surface area (TPSA) is 66.4 Å². The minimum Gasteiger partial charge on any atom is -0.478 e. The number of benzene rings is 1. The van der Waals surface area contributed by atoms with E-state index >= 15 is 0 Å². The summed E-state index contributed by atoms with van der Waals surface area (Å²) >= 11 is 0. The Hall–Kier alpha value is -1.84. The van der Waals surface area contributed by atoms with Gasteiger partial charge in [-0.15, -0.1) is 0 Å². The van der Waals surface area contributed by atoms with E-state index < -0.39 is 5.97 Å². The molecule has 2 rings (SSSR count). The van der Waals surface area contributed by atoms with Crippen LogP contribution in [0.3, 0.4) is 0 Å². The summed E-state index contributed by atoms with van der Waals surface area (Å²) in [6.45, 7) is 0.659. The number of carboxylic acids is 1. The first-order valence-corrected chi connectivity index (χ1v) is 6.28. The van der Waals surface area contributed by atoms with Crippen LogP contribution in [0.5, 0.6) is 0 Å². The minimum atomic E-state index is -1.02. The highest BCUT2D eigenvalue weighted by Gasteiger charge is 2.20. The second-order valence-corrected chi connectivity index (χ2v) is 4.73. The highest BCUT2D eigenvalue weighted by atomic mass is 16.4. The van der Waals surface area contributed by atoms with Crippen molar-refractivity contribution in [3.05, 3.63) is 35.4 Å². The van der Waals surface area contributed by atoms with E-state index in [-0.39, 0.29) is 11.5 Å². The van der Waals surface area contributed by atoms with E-state index in [0.717, 1.165) is 12.3 Å². The molecule has 0 saturated heterocycles. The van der Waals surface area contributed by atoms with E-state index in [1.54, 1.807) is 12.1 Å². The molecule has 1 saturated carbocycles. The second-order valence-electron chi connectivity index (χ2n) is 4.73. The fourth-order valence-corrected chi connectivity index (χ4v) is 1.89. The fraction of sp³-hybridized carbons (Fsp3) is 0.429. The van der Waals surface area contributed by atoms with Crippen molar-refractivity contribution in [2.45, 2.75) is 25.7 Å². The molecule has 0 spiro atoms. The van der Waals surface area contributed by atoms with Gasteiger partial charge in [-0.2, -0.15) is 0 Å². The van der Waals surface area contributed by atoms with Gasteiger partial charge in [0.15, 0.2) is 0 Å². The number of nitrogens with one attached hydrogen (secondary N) is 1. The van der Waals surface area contributed by atoms with Crippen LogP contribution in [0.2, 0.25) is 0 Å². The van der Waals surface area contributed by atoms with Gasteiger partial charge >= 0.3 is 5.97 Å². The van der Waals surface area contributed by atoms with Gasteiger partial charge in [-0.3, -0.25) is 4.79 Å². The normalized spacial score (nSPS) is 14.2. The summed E-state index contributed by atoms with van der Waals surface area (Å²) in [5.74, 6) is -0.343. The highest BCUT2D eigenvalue weighted by molar-refractivity contribution is 5.97. The van der Waals surface area contributed by atoms with Crippen LogP contribution in [0, 0.1) is 5.92 Å². The van der Waals surface area contributed by atoms with Gasteiger partial charge < -0.3 is 10.4 Å². The zero-order valence-electron chi connectivity index (χ0n) is 10.2. The Balaban J connectivity index is 1.83. The van der Waals surface area contributed by atoms with E-state index in [1.165, 1.54) is 31.4 Å². The smallest absolute Gasteiger partial charge is 0.335 e. The van der Waals surface area contributed by atoms with Crippen molar-refractivity contribution in [1.29, 1.82) is 0 Å². The highest BCUT2D eigenvalue weighted by Crippen LogP contribution is 2.33. The third kappa shape index (κ3) is 3.58. The van der Waals surface area contributed by atoms with E-state index in [0.29, 0.717) is 12.1 Å². The summed E-state index contributed by atoms with van der Waals surface area (Å²) in [7, 11) is 0. The molecule has 1 aromatic carbocycles. The summed E-state index contributed by atoms with van der Waals surface area (Å²) in [5.41, 5.74) is 0.543. The number of amides is 1. The number of hydrogen-bond acceptors (Lipinski definition) is 2. The largest absolute Gasteiger partial charge is 0.478 e. The molecule has 0 bridgehead atoms. The van der Waals surface area contributed by atoms with Crippen LogP contribution in [0.15, 0.2) is 24.3 Å². The minimum absolute atomic E-state index is 0.139. The number of carbonyl (C=O) groups is 2. The fourth-order valence-electron chi connectivity index (χ4n) is 1.89. The molecule has 4 nitrogen and oxygen atoms in total. The molecule has 1 aliphatic carbocycles. The maximum Gasteiger partial charge on any atom is 0.335 e. The SMILES string of the molecule is O=C(O)c1cccc(C(=O)NCCCC2CC2)c1. The van der Waals surface area contributed by atoms with Crippen LogP contribution in [-0.4, -0.2) is 23.5 Å². The van der Waals surface area contributed by atoms with Gasteiger partial charge in [0.25, 0.3) is 5.91 Å². The quantitative estimate of drug-likeness (QED) is 0.758. The maximum atomic E-state index is 11.8. The average molecular weight is 247 g/mol. The Morgan fingerprint density at radius 2 is 2.00 bits per heavy atom. The summed E-state index contributed by atoms with van der Waals surface area (Å²) in [4.78, 5) is 22.6. The molecule has 0 aromatic heterocycles. The van der Waals surface area contributed by atoms with Crippen molar-refractivity contribution in [3.63, 3.8) is 0 Å². The molecule has 18 heavy (non-hydrogen) atoms. The lowest BCUT2D eigenvalue weighted by molar-refractivity contribution is 0.0697. The van der Waals surface area contributed by atoms with E-state index in [2.05, 4.69) is 5.32 Å². The molecule has 0 unspecified atom stereocenters. The van der Waals surface area contributed by atoms with Gasteiger partial charge in [0, 0.05) is 12.1 Å². The molecule has 0 heterocycles. The van der Waals surface area contributed by atoms with E-state index in [1.807, 2.05) is 0 Å². The standard InChI is InChI=1S/C14H17NO3/c16-13(15-8-2-3-10-6-7-10)11-4-1-5-12(9-11)14(17)18/h1,4-5,9-10H,2-3,6-8H2,(H,15,16)(H,17,18). The first-order chi connectivity index (χ1) is 8.66. The molecule has 1 aliphatic rings. The van der Waals surface area contributed by atoms with Crippen LogP contribution < -0.4 is 5.32 Å². The average Bonchev–Trinajstić information content (AvgIpc) is 3.18. The molecule has 0 radical (unpaired) electrons. The third-order valence-electron chi connectivity index (χ3n) is 3.14. The predicted octanol–water partition coefficient (Wildman–Crippen LogP) is 2.30. The van der Waals surface area contributed by atoms with Crippen molar-refractivity contribution in [3.8, 4) is 0 Å². The van der Waals surface area contributed by atoms with Gasteiger partial charge in [-0.25, -0.2) is 4.79 Å². The van der Waals surface area contributed by atoms with Crippen LogP contribution in [0.4, 0.5) is 0 Å². The molecule has 4 heteroatoms. The molecule has 96 valence electrons. The van der Waals surface area contributed by atoms with Gasteiger partial charge in [-0.05, 0) is 37.0 Å². The molecule has 1 amide bonds. The monoisotopic (exact) mass is 247 g/mol. The maximum absolute atomic E-state index is 11.8. The van der Waals surface area contributed by atoms with Gasteiger partial charge in [0.1, 0.15) is 0 Å². The lowest BCUT2D eigenvalue weighted by Gasteiger charge is -2.05. The van der Waals surface area contributed by atoms with Crippen molar-refractivity contribution in [1.82, 2.24) is 5.32 Å². The van der Waals surface area contributed by atoms with Crippen molar-refractivity contribution >= 4 is 11.9 Å². The zero-order valence-corrected chi connectivity index (χ0v) is 10.2. The van der Waals surface area contributed by atoms with Crippen molar-refractivity contribution in [2.75, 3.05) is 6.54 Å². The van der Waals surface area contributed by atoms with E-state index in [4.69, 9.17) is 5.11 Å². The van der Waals surface area contributed by atoms with Crippen LogP contribution in [0.25, 0.3) is 0 Å². The number of carboxylic acid groups (broad SMARTS) is 1. The Labute approximate surface area is 106 Å². The molecule has 1 aromatic rings. The van der Waals surface area contributed by atoms with Gasteiger partial charge in [0.05, 0.1) is 5.56 Å². The molecular weight excluding hydrogens is 230 g/mol. The molecule has 2 N–H and O–H groups in total. The van der Waals surface area contributed by atoms with E-state index in [9.17, 15) is 9.59 Å². The molecular formula is C14H17NO3. The van der Waals surface area contributed by atoms with Crippen molar-refractivity contribution in [2.24, 2.45) is 5.92 Å². The van der Waals surface area contributed by atoms with Crippen LogP contribution >= 0.6 is 0 Å². The van der Waals surface area contributed by atoms with Gasteiger partial charge in [0.2, 0.25) is 0 Å². The zero-order chi connectivity index (χ0) is 13.0. The molecule has 0 atom stereocenters. The number of carbonyl (C=O) groups excluding carboxylic acids is 1. The molecule has 0 aliphatic heterocycles. The summed E-state index contributed by atoms with van der Waals surface area (Å²) < 4.78 is 0. The first kappa shape index (κ1) is 12.6. The van der Waals surface area contributed by atoms with Crippen LogP contribution in [-0.2, 0) is 0 Å². The first-order valence-electron chi connectivity index (χ1n) is 6.28. The van der Waals surface area contributed by atoms with Gasteiger partial charge in [-0.1, -0.05) is 18.9 Å². The number of hydrogen-bond donors (Lipinski definition) is 2. The Morgan fingerprint density at radius 1 is 1.28 bits per heavy atom. The molecule has 1 fully saturated rings. The summed E-state index contributed by atoms with van der Waals surface area (Å²) in [5, 5.41) is 11.7. The Morgan fingerprint density at radius 3 is 2.67 bits per heavy atom. The second kappa shape index (κ2) is 5.67. The predicted molar refractivity (Wildman–Crippen MR) is 67.7 cm³/mol. The third-order valence-corrected chi connectivity index (χ3v) is 3.14.